The second-order valence-corrected chi connectivity index (χ2v) is 6.62. The van der Waals surface area contributed by atoms with Crippen molar-refractivity contribution < 1.29 is 9.53 Å². The minimum absolute atomic E-state index is 0.112. The van der Waals surface area contributed by atoms with Gasteiger partial charge in [-0.3, -0.25) is 4.79 Å². The highest BCUT2D eigenvalue weighted by Crippen LogP contribution is 2.32. The zero-order chi connectivity index (χ0) is 16.9. The topological polar surface area (TPSA) is 93.4 Å². The quantitative estimate of drug-likeness (QED) is 0.798. The number of nitrogen functional groups attached to an aromatic ring is 1. The van der Waals surface area contributed by atoms with Gasteiger partial charge < -0.3 is 20.7 Å². The second kappa shape index (κ2) is 7.68. The summed E-state index contributed by atoms with van der Waals surface area (Å²) in [6.07, 6.45) is 8.16. The maximum atomic E-state index is 12.0. The van der Waals surface area contributed by atoms with Crippen molar-refractivity contribution in [3.05, 3.63) is 6.33 Å². The number of nitrogens with one attached hydrogen (secondary N) is 1. The number of nitrogens with zero attached hydrogens (tertiary/aromatic N) is 3. The molecule has 3 rings (SSSR count). The first-order valence-electron chi connectivity index (χ1n) is 8.97. The van der Waals surface area contributed by atoms with E-state index < -0.39 is 0 Å². The zero-order valence-electron chi connectivity index (χ0n) is 14.3. The molecular formula is C17H27N5O2. The maximum absolute atomic E-state index is 12.0. The number of hydrogen-bond donors (Lipinski definition) is 2. The third-order valence-corrected chi connectivity index (χ3v) is 4.90. The average Bonchev–Trinajstić information content (AvgIpc) is 3.10. The molecule has 132 valence electrons. The Balaban J connectivity index is 1.72. The number of anilines is 3. The van der Waals surface area contributed by atoms with Gasteiger partial charge in [0.2, 0.25) is 0 Å². The molecule has 7 nitrogen and oxygen atoms in total. The molecule has 0 amide bonds. The number of aromatic nitrogens is 2. The molecular weight excluding hydrogens is 306 g/mol. The van der Waals surface area contributed by atoms with Gasteiger partial charge in [0.05, 0.1) is 12.5 Å². The Hall–Kier alpha value is -2.05. The van der Waals surface area contributed by atoms with Crippen molar-refractivity contribution in [3.63, 3.8) is 0 Å². The maximum Gasteiger partial charge on any atom is 0.310 e. The van der Waals surface area contributed by atoms with Crippen molar-refractivity contribution in [2.75, 3.05) is 35.6 Å². The van der Waals surface area contributed by atoms with Crippen molar-refractivity contribution in [1.29, 1.82) is 0 Å². The van der Waals surface area contributed by atoms with Gasteiger partial charge in [0.15, 0.2) is 11.6 Å². The first kappa shape index (κ1) is 16.8. The van der Waals surface area contributed by atoms with Crippen LogP contribution >= 0.6 is 0 Å². The molecule has 1 aromatic heterocycles. The monoisotopic (exact) mass is 333 g/mol. The van der Waals surface area contributed by atoms with Gasteiger partial charge in [0, 0.05) is 19.1 Å². The molecule has 0 spiro atoms. The van der Waals surface area contributed by atoms with E-state index in [9.17, 15) is 4.79 Å². The number of ether oxygens (including phenoxy) is 1. The number of hydrogen-bond acceptors (Lipinski definition) is 7. The minimum Gasteiger partial charge on any atom is -0.466 e. The molecule has 7 heteroatoms. The van der Waals surface area contributed by atoms with Gasteiger partial charge in [-0.25, -0.2) is 9.97 Å². The van der Waals surface area contributed by atoms with Crippen LogP contribution in [0.25, 0.3) is 0 Å². The van der Waals surface area contributed by atoms with Crippen molar-refractivity contribution in [2.45, 2.75) is 51.5 Å². The van der Waals surface area contributed by atoms with E-state index in [1.165, 1.54) is 12.8 Å². The summed E-state index contributed by atoms with van der Waals surface area (Å²) in [5, 5.41) is 3.45. The summed E-state index contributed by atoms with van der Waals surface area (Å²) in [6, 6.07) is 0.448. The minimum atomic E-state index is -0.126. The molecule has 2 heterocycles. The lowest BCUT2D eigenvalue weighted by atomic mass is 9.98. The van der Waals surface area contributed by atoms with Gasteiger partial charge in [-0.2, -0.15) is 0 Å². The molecule has 1 atom stereocenters. The van der Waals surface area contributed by atoms with E-state index in [1.54, 1.807) is 6.33 Å². The van der Waals surface area contributed by atoms with E-state index in [2.05, 4.69) is 20.2 Å². The molecule has 2 fully saturated rings. The Labute approximate surface area is 143 Å². The Kier molecular flexibility index (Phi) is 5.37. The van der Waals surface area contributed by atoms with Crippen molar-refractivity contribution in [2.24, 2.45) is 5.92 Å². The highest BCUT2D eigenvalue weighted by Gasteiger charge is 2.29. The van der Waals surface area contributed by atoms with Gasteiger partial charge in [-0.05, 0) is 32.6 Å². The molecule has 1 aliphatic carbocycles. The average molecular weight is 333 g/mol. The largest absolute Gasteiger partial charge is 0.466 e. The number of rotatable bonds is 5. The lowest BCUT2D eigenvalue weighted by Gasteiger charge is -2.33. The van der Waals surface area contributed by atoms with Crippen LogP contribution in [0, 0.1) is 5.92 Å². The smallest absolute Gasteiger partial charge is 0.310 e. The summed E-state index contributed by atoms with van der Waals surface area (Å²) < 4.78 is 5.17. The number of nitrogens with two attached hydrogens (primary N) is 1. The lowest BCUT2D eigenvalue weighted by molar-refractivity contribution is -0.148. The standard InChI is InChI=1S/C17H27N5O2/c1-2-24-17(23)12-6-5-9-22(10-12)16-14(18)15(19-11-20-16)21-13-7-3-4-8-13/h11-13H,2-10,18H2,1H3,(H,19,20,21). The van der Waals surface area contributed by atoms with Crippen LogP contribution in [0.3, 0.4) is 0 Å². The van der Waals surface area contributed by atoms with Crippen LogP contribution in [0.5, 0.6) is 0 Å². The van der Waals surface area contributed by atoms with Crippen LogP contribution in [-0.2, 0) is 9.53 Å². The van der Waals surface area contributed by atoms with Gasteiger partial charge in [-0.15, -0.1) is 0 Å². The normalized spacial score (nSPS) is 21.7. The molecule has 3 N–H and O–H groups in total. The lowest BCUT2D eigenvalue weighted by Crippen LogP contribution is -2.40. The fourth-order valence-electron chi connectivity index (χ4n) is 3.64. The third-order valence-electron chi connectivity index (χ3n) is 4.90. The molecule has 1 unspecified atom stereocenters. The number of esters is 1. The van der Waals surface area contributed by atoms with Crippen LogP contribution in [0.4, 0.5) is 17.3 Å². The predicted molar refractivity (Wildman–Crippen MR) is 93.9 cm³/mol. The second-order valence-electron chi connectivity index (χ2n) is 6.62. The van der Waals surface area contributed by atoms with E-state index in [-0.39, 0.29) is 11.9 Å². The summed E-state index contributed by atoms with van der Waals surface area (Å²) in [4.78, 5) is 22.8. The van der Waals surface area contributed by atoms with E-state index in [0.717, 1.165) is 38.0 Å². The summed E-state index contributed by atoms with van der Waals surface area (Å²) >= 11 is 0. The third kappa shape index (κ3) is 3.71. The predicted octanol–water partition coefficient (Wildman–Crippen LogP) is 2.19. The Bertz CT molecular complexity index is 574. The molecule has 1 aliphatic heterocycles. The van der Waals surface area contributed by atoms with Crippen molar-refractivity contribution >= 4 is 23.3 Å². The molecule has 0 aromatic carbocycles. The Morgan fingerprint density at radius 3 is 2.88 bits per heavy atom. The highest BCUT2D eigenvalue weighted by atomic mass is 16.5. The molecule has 24 heavy (non-hydrogen) atoms. The molecule has 0 radical (unpaired) electrons. The first-order chi connectivity index (χ1) is 11.7. The van der Waals surface area contributed by atoms with Crippen LogP contribution < -0.4 is 16.0 Å². The number of carbonyl (C=O) groups excluding carboxylic acids is 1. The summed E-state index contributed by atoms with van der Waals surface area (Å²) in [7, 11) is 0. The van der Waals surface area contributed by atoms with Crippen LogP contribution in [0.2, 0.25) is 0 Å². The zero-order valence-corrected chi connectivity index (χ0v) is 14.3. The van der Waals surface area contributed by atoms with E-state index in [4.69, 9.17) is 10.5 Å². The van der Waals surface area contributed by atoms with Crippen LogP contribution in [-0.4, -0.2) is 41.7 Å². The summed E-state index contributed by atoms with van der Waals surface area (Å²) in [6.45, 7) is 3.70. The van der Waals surface area contributed by atoms with Gasteiger partial charge in [0.1, 0.15) is 12.0 Å². The highest BCUT2D eigenvalue weighted by molar-refractivity contribution is 5.77. The molecule has 0 bridgehead atoms. The van der Waals surface area contributed by atoms with Crippen molar-refractivity contribution in [1.82, 2.24) is 9.97 Å². The van der Waals surface area contributed by atoms with E-state index in [1.807, 2.05) is 6.92 Å². The molecule has 1 saturated heterocycles. The summed E-state index contributed by atoms with van der Waals surface area (Å²) in [5.41, 5.74) is 6.90. The summed E-state index contributed by atoms with van der Waals surface area (Å²) in [5.74, 6) is 1.20. The van der Waals surface area contributed by atoms with E-state index in [0.29, 0.717) is 30.7 Å². The van der Waals surface area contributed by atoms with Crippen LogP contribution in [0.15, 0.2) is 6.33 Å². The first-order valence-corrected chi connectivity index (χ1v) is 8.97. The Morgan fingerprint density at radius 1 is 1.33 bits per heavy atom. The van der Waals surface area contributed by atoms with Gasteiger partial charge in [-0.1, -0.05) is 12.8 Å². The van der Waals surface area contributed by atoms with Gasteiger partial charge >= 0.3 is 5.97 Å². The Morgan fingerprint density at radius 2 is 2.12 bits per heavy atom. The molecule has 1 saturated carbocycles. The SMILES string of the molecule is CCOC(=O)C1CCCN(c2ncnc(NC3CCCC3)c2N)C1. The fourth-order valence-corrected chi connectivity index (χ4v) is 3.64. The van der Waals surface area contributed by atoms with E-state index >= 15 is 0 Å². The van der Waals surface area contributed by atoms with Gasteiger partial charge in [0.25, 0.3) is 0 Å². The number of piperidine rings is 1. The molecule has 2 aliphatic rings. The fraction of sp³-hybridized carbons (Fsp3) is 0.706. The van der Waals surface area contributed by atoms with Crippen LogP contribution in [0.1, 0.15) is 45.4 Å². The molecule has 1 aromatic rings. The van der Waals surface area contributed by atoms with Crippen molar-refractivity contribution in [3.8, 4) is 0 Å². The number of carbonyl (C=O) groups is 1.